The molecule has 9 heteroatoms. The Morgan fingerprint density at radius 2 is 2.03 bits per heavy atom. The molecule has 0 amide bonds. The molecule has 4 heterocycles. The van der Waals surface area contributed by atoms with Crippen molar-refractivity contribution in [2.75, 3.05) is 49.8 Å². The summed E-state index contributed by atoms with van der Waals surface area (Å²) in [6.07, 6.45) is 1.78. The minimum Gasteiger partial charge on any atom is -0.490 e. The Balaban J connectivity index is 1.38. The van der Waals surface area contributed by atoms with E-state index >= 15 is 0 Å². The lowest BCUT2D eigenvalue weighted by Crippen LogP contribution is -2.61. The normalized spacial score (nSPS) is 15.8. The van der Waals surface area contributed by atoms with Crippen molar-refractivity contribution in [3.8, 4) is 17.3 Å². The van der Waals surface area contributed by atoms with Crippen LogP contribution in [0.4, 0.5) is 11.6 Å². The van der Waals surface area contributed by atoms with Crippen LogP contribution in [0.5, 0.6) is 11.6 Å². The van der Waals surface area contributed by atoms with Crippen LogP contribution in [0.25, 0.3) is 5.69 Å². The van der Waals surface area contributed by atoms with Crippen molar-refractivity contribution >= 4 is 11.6 Å². The SMILES string of the molecule is CCOCc1nnc(N2CC(N3CCOc4cc(C)ccc43)C2)n1-c1ccc(OC)nc1. The number of rotatable bonds is 7. The second-order valence-corrected chi connectivity index (χ2v) is 8.02. The molecule has 0 spiro atoms. The van der Waals surface area contributed by atoms with Crippen LogP contribution in [0.3, 0.4) is 0 Å². The van der Waals surface area contributed by atoms with Crippen LogP contribution < -0.4 is 19.3 Å². The van der Waals surface area contributed by atoms with Crippen molar-refractivity contribution in [1.29, 1.82) is 0 Å². The maximum absolute atomic E-state index is 5.89. The van der Waals surface area contributed by atoms with Gasteiger partial charge < -0.3 is 24.0 Å². The van der Waals surface area contributed by atoms with Crippen molar-refractivity contribution in [3.05, 3.63) is 47.9 Å². The maximum Gasteiger partial charge on any atom is 0.232 e. The predicted octanol–water partition coefficient (Wildman–Crippen LogP) is 2.60. The quantitative estimate of drug-likeness (QED) is 0.559. The average molecular weight is 437 g/mol. The molecule has 1 saturated heterocycles. The van der Waals surface area contributed by atoms with Crippen LogP contribution in [0.1, 0.15) is 18.3 Å². The van der Waals surface area contributed by atoms with E-state index in [0.717, 1.165) is 42.8 Å². The van der Waals surface area contributed by atoms with E-state index in [2.05, 4.69) is 50.1 Å². The molecule has 5 rings (SSSR count). The summed E-state index contributed by atoms with van der Waals surface area (Å²) in [5.74, 6) is 3.10. The van der Waals surface area contributed by atoms with Gasteiger partial charge in [-0.25, -0.2) is 4.98 Å². The predicted molar refractivity (Wildman–Crippen MR) is 121 cm³/mol. The number of ether oxygens (including phenoxy) is 3. The van der Waals surface area contributed by atoms with Gasteiger partial charge in [0.25, 0.3) is 0 Å². The molecule has 0 N–H and O–H groups in total. The molecule has 0 unspecified atom stereocenters. The lowest BCUT2D eigenvalue weighted by atomic mass is 10.0. The third-order valence-corrected chi connectivity index (χ3v) is 5.94. The molecule has 0 bridgehead atoms. The Labute approximate surface area is 187 Å². The number of benzene rings is 1. The van der Waals surface area contributed by atoms with Gasteiger partial charge in [0.05, 0.1) is 37.3 Å². The van der Waals surface area contributed by atoms with E-state index in [0.29, 0.717) is 31.7 Å². The summed E-state index contributed by atoms with van der Waals surface area (Å²) >= 11 is 0. The second kappa shape index (κ2) is 8.66. The molecule has 0 aliphatic carbocycles. The van der Waals surface area contributed by atoms with Crippen molar-refractivity contribution in [1.82, 2.24) is 19.7 Å². The molecule has 1 aromatic carbocycles. The number of hydrogen-bond donors (Lipinski definition) is 0. The highest BCUT2D eigenvalue weighted by atomic mass is 16.5. The highest BCUT2D eigenvalue weighted by Crippen LogP contribution is 2.36. The van der Waals surface area contributed by atoms with Gasteiger partial charge in [0.1, 0.15) is 19.0 Å². The Morgan fingerprint density at radius 1 is 1.16 bits per heavy atom. The Bertz CT molecular complexity index is 1080. The highest BCUT2D eigenvalue weighted by Gasteiger charge is 2.37. The van der Waals surface area contributed by atoms with Crippen molar-refractivity contribution < 1.29 is 14.2 Å². The molecule has 2 aliphatic rings. The third kappa shape index (κ3) is 3.73. The minimum atomic E-state index is 0.392. The van der Waals surface area contributed by atoms with Crippen molar-refractivity contribution in [3.63, 3.8) is 0 Å². The molecule has 0 radical (unpaired) electrons. The van der Waals surface area contributed by atoms with Crippen molar-refractivity contribution in [2.45, 2.75) is 26.5 Å². The summed E-state index contributed by atoms with van der Waals surface area (Å²) in [7, 11) is 1.61. The first-order valence-electron chi connectivity index (χ1n) is 11.0. The summed E-state index contributed by atoms with van der Waals surface area (Å²) < 4.78 is 18.7. The van der Waals surface area contributed by atoms with Crippen LogP contribution in [-0.2, 0) is 11.3 Å². The summed E-state index contributed by atoms with van der Waals surface area (Å²) in [6, 6.07) is 10.6. The minimum absolute atomic E-state index is 0.392. The number of aryl methyl sites for hydroxylation is 1. The van der Waals surface area contributed by atoms with Gasteiger partial charge in [-0.3, -0.25) is 4.57 Å². The fourth-order valence-electron chi connectivity index (χ4n) is 4.23. The van der Waals surface area contributed by atoms with Crippen LogP contribution in [0.15, 0.2) is 36.5 Å². The van der Waals surface area contributed by atoms with E-state index in [1.54, 1.807) is 13.3 Å². The second-order valence-electron chi connectivity index (χ2n) is 8.02. The molecule has 9 nitrogen and oxygen atoms in total. The number of aromatic nitrogens is 4. The first-order chi connectivity index (χ1) is 15.7. The molecule has 2 aromatic heterocycles. The van der Waals surface area contributed by atoms with Gasteiger partial charge in [0, 0.05) is 25.8 Å². The monoisotopic (exact) mass is 436 g/mol. The fraction of sp³-hybridized carbons (Fsp3) is 0.435. The van der Waals surface area contributed by atoms with E-state index in [9.17, 15) is 0 Å². The van der Waals surface area contributed by atoms with Crippen LogP contribution in [-0.4, -0.2) is 65.7 Å². The number of nitrogens with zero attached hydrogens (tertiary/aromatic N) is 6. The first kappa shape index (κ1) is 20.6. The van der Waals surface area contributed by atoms with Crippen LogP contribution >= 0.6 is 0 Å². The number of methoxy groups -OCH3 is 1. The number of fused-ring (bicyclic) bond motifs is 1. The lowest BCUT2D eigenvalue weighted by molar-refractivity contribution is 0.127. The Hall–Kier alpha value is -3.33. The molecule has 1 fully saturated rings. The van der Waals surface area contributed by atoms with E-state index in [1.807, 2.05) is 23.6 Å². The topological polar surface area (TPSA) is 77.8 Å². The van der Waals surface area contributed by atoms with Gasteiger partial charge in [-0.15, -0.1) is 10.2 Å². The number of hydrogen-bond acceptors (Lipinski definition) is 8. The van der Waals surface area contributed by atoms with Gasteiger partial charge in [0.15, 0.2) is 5.82 Å². The smallest absolute Gasteiger partial charge is 0.232 e. The molecule has 0 atom stereocenters. The molecule has 0 saturated carbocycles. The third-order valence-electron chi connectivity index (χ3n) is 5.94. The fourth-order valence-corrected chi connectivity index (χ4v) is 4.23. The van der Waals surface area contributed by atoms with E-state index in [1.165, 1.54) is 11.3 Å². The van der Waals surface area contributed by atoms with Gasteiger partial charge in [-0.05, 0) is 37.6 Å². The molecule has 2 aliphatic heterocycles. The average Bonchev–Trinajstić information content (AvgIpc) is 3.20. The largest absolute Gasteiger partial charge is 0.490 e. The Morgan fingerprint density at radius 3 is 2.78 bits per heavy atom. The first-order valence-corrected chi connectivity index (χ1v) is 11.0. The summed E-state index contributed by atoms with van der Waals surface area (Å²) in [5.41, 5.74) is 3.27. The molecule has 3 aromatic rings. The molecule has 168 valence electrons. The molecular formula is C23H28N6O3. The van der Waals surface area contributed by atoms with Gasteiger partial charge in [0.2, 0.25) is 11.8 Å². The Kier molecular flexibility index (Phi) is 5.57. The van der Waals surface area contributed by atoms with Crippen molar-refractivity contribution in [2.24, 2.45) is 0 Å². The lowest BCUT2D eigenvalue weighted by Gasteiger charge is -2.48. The highest BCUT2D eigenvalue weighted by molar-refractivity contribution is 5.63. The zero-order valence-electron chi connectivity index (χ0n) is 18.7. The summed E-state index contributed by atoms with van der Waals surface area (Å²) in [6.45, 7) is 8.39. The van der Waals surface area contributed by atoms with Gasteiger partial charge in [-0.2, -0.15) is 0 Å². The van der Waals surface area contributed by atoms with E-state index < -0.39 is 0 Å². The molecular weight excluding hydrogens is 408 g/mol. The summed E-state index contributed by atoms with van der Waals surface area (Å²) in [4.78, 5) is 9.06. The zero-order chi connectivity index (χ0) is 22.1. The summed E-state index contributed by atoms with van der Waals surface area (Å²) in [5, 5.41) is 8.91. The van der Waals surface area contributed by atoms with Crippen LogP contribution in [0.2, 0.25) is 0 Å². The molecule has 32 heavy (non-hydrogen) atoms. The standard InChI is InChI=1S/C23H28N6O3/c1-4-31-15-21-25-26-23(29(21)17-6-8-22(30-3)24-12-17)27-13-18(14-27)28-9-10-32-20-11-16(2)5-7-19(20)28/h5-8,11-12,18H,4,9-10,13-15H2,1-3H3. The number of anilines is 2. The van der Waals surface area contributed by atoms with E-state index in [-0.39, 0.29) is 0 Å². The number of pyridine rings is 1. The van der Waals surface area contributed by atoms with Crippen LogP contribution in [0, 0.1) is 6.92 Å². The zero-order valence-corrected chi connectivity index (χ0v) is 18.7. The van der Waals surface area contributed by atoms with Gasteiger partial charge >= 0.3 is 0 Å². The van der Waals surface area contributed by atoms with Gasteiger partial charge in [-0.1, -0.05) is 6.07 Å². The van der Waals surface area contributed by atoms with E-state index in [4.69, 9.17) is 14.2 Å². The maximum atomic E-state index is 5.89.